The Morgan fingerprint density at radius 3 is 2.52 bits per heavy atom. The normalized spacial score (nSPS) is 11.6. The topological polar surface area (TPSA) is 55.4 Å². The second-order valence-corrected chi connectivity index (χ2v) is 7.82. The second-order valence-electron chi connectivity index (χ2n) is 7.42. The fraction of sp³-hybridized carbons (Fsp3) is 0.200. The van der Waals surface area contributed by atoms with Crippen molar-refractivity contribution in [1.82, 2.24) is 5.32 Å². The average Bonchev–Trinajstić information content (AvgIpc) is 2.75. The number of amides is 1. The lowest BCUT2D eigenvalue weighted by molar-refractivity contribution is -0.149. The molecule has 1 N–H and O–H groups in total. The molecule has 4 nitrogen and oxygen atoms in total. The Bertz CT molecular complexity index is 1090. The summed E-state index contributed by atoms with van der Waals surface area (Å²) in [5, 5.41) is 3.15. The van der Waals surface area contributed by atoms with Gasteiger partial charge < -0.3 is 10.1 Å². The molecule has 0 saturated carbocycles. The highest BCUT2D eigenvalue weighted by atomic mass is 35.5. The van der Waals surface area contributed by atoms with Crippen molar-refractivity contribution >= 4 is 23.5 Å². The molecule has 0 aliphatic carbocycles. The average molecular weight is 440 g/mol. The lowest BCUT2D eigenvalue weighted by Gasteiger charge is -2.13. The molecule has 0 saturated heterocycles. The van der Waals surface area contributed by atoms with Gasteiger partial charge in [-0.05, 0) is 47.9 Å². The number of halogens is 2. The lowest BCUT2D eigenvalue weighted by Crippen LogP contribution is -2.32. The van der Waals surface area contributed by atoms with Gasteiger partial charge in [0.1, 0.15) is 12.4 Å². The number of rotatable bonds is 7. The van der Waals surface area contributed by atoms with Crippen LogP contribution in [0.5, 0.6) is 0 Å². The van der Waals surface area contributed by atoms with Gasteiger partial charge in [0.15, 0.2) is 0 Å². The van der Waals surface area contributed by atoms with Crippen molar-refractivity contribution in [3.05, 3.63) is 94.3 Å². The van der Waals surface area contributed by atoms with Crippen LogP contribution in [0, 0.1) is 18.7 Å². The highest BCUT2D eigenvalue weighted by molar-refractivity contribution is 6.33. The molecular weight excluding hydrogens is 417 g/mol. The number of aryl methyl sites for hydroxylation is 1. The molecule has 0 fully saturated rings. The van der Waals surface area contributed by atoms with Gasteiger partial charge in [-0.15, -0.1) is 0 Å². The van der Waals surface area contributed by atoms with Gasteiger partial charge in [0.25, 0.3) is 5.91 Å². The van der Waals surface area contributed by atoms with Crippen LogP contribution < -0.4 is 5.32 Å². The molecule has 6 heteroatoms. The van der Waals surface area contributed by atoms with Crippen molar-refractivity contribution in [2.45, 2.75) is 20.5 Å². The fourth-order valence-electron chi connectivity index (χ4n) is 3.03. The molecule has 0 radical (unpaired) electrons. The van der Waals surface area contributed by atoms with Crippen molar-refractivity contribution in [2.75, 3.05) is 6.54 Å². The first-order chi connectivity index (χ1) is 14.8. The summed E-state index contributed by atoms with van der Waals surface area (Å²) in [6, 6.07) is 18.8. The fourth-order valence-corrected chi connectivity index (χ4v) is 3.38. The van der Waals surface area contributed by atoms with Gasteiger partial charge in [0.2, 0.25) is 0 Å². The smallest absolute Gasteiger partial charge is 0.310 e. The van der Waals surface area contributed by atoms with E-state index in [4.69, 9.17) is 16.3 Å². The molecule has 1 amide bonds. The summed E-state index contributed by atoms with van der Waals surface area (Å²) in [6.45, 7) is 3.81. The van der Waals surface area contributed by atoms with Crippen LogP contribution in [0.25, 0.3) is 11.1 Å². The molecule has 3 aromatic carbocycles. The van der Waals surface area contributed by atoms with Crippen molar-refractivity contribution in [2.24, 2.45) is 5.92 Å². The SMILES string of the molecule is Cc1ccc(-c2cc(F)cc(C(=O)NC[C@@H](C)C(=O)OCc3ccccc3)c2)c(Cl)c1. The van der Waals surface area contributed by atoms with Gasteiger partial charge in [-0.3, -0.25) is 9.59 Å². The number of benzene rings is 3. The Kier molecular flexibility index (Phi) is 7.42. The monoisotopic (exact) mass is 439 g/mol. The van der Waals surface area contributed by atoms with E-state index in [9.17, 15) is 14.0 Å². The predicted octanol–water partition coefficient (Wildman–Crippen LogP) is 5.56. The van der Waals surface area contributed by atoms with E-state index in [2.05, 4.69) is 5.32 Å². The van der Waals surface area contributed by atoms with Crippen LogP contribution in [0.4, 0.5) is 4.39 Å². The molecule has 0 aliphatic heterocycles. The minimum atomic E-state index is -0.549. The maximum atomic E-state index is 14.2. The standard InChI is InChI=1S/C25H23ClFNO3/c1-16-8-9-22(23(26)10-16)19-11-20(13-21(27)12-19)24(29)28-14-17(2)25(30)31-15-18-6-4-3-5-7-18/h3-13,17H,14-15H2,1-2H3,(H,28,29)/t17-/m1/s1. The van der Waals surface area contributed by atoms with E-state index in [1.54, 1.807) is 25.1 Å². The highest BCUT2D eigenvalue weighted by Crippen LogP contribution is 2.30. The number of hydrogen-bond acceptors (Lipinski definition) is 3. The van der Waals surface area contributed by atoms with Crippen molar-refractivity contribution in [3.8, 4) is 11.1 Å². The molecule has 0 spiro atoms. The van der Waals surface area contributed by atoms with Crippen LogP contribution in [0.1, 0.15) is 28.4 Å². The minimum absolute atomic E-state index is 0.0730. The molecule has 3 rings (SSSR count). The molecule has 3 aromatic rings. The van der Waals surface area contributed by atoms with Crippen LogP contribution in [0.2, 0.25) is 5.02 Å². The summed E-state index contributed by atoms with van der Waals surface area (Å²) < 4.78 is 19.5. The third kappa shape index (κ3) is 6.15. The van der Waals surface area contributed by atoms with Crippen molar-refractivity contribution in [3.63, 3.8) is 0 Å². The molecule has 0 unspecified atom stereocenters. The van der Waals surface area contributed by atoms with Crippen LogP contribution in [0.15, 0.2) is 66.7 Å². The van der Waals surface area contributed by atoms with Gasteiger partial charge in [-0.2, -0.15) is 0 Å². The van der Waals surface area contributed by atoms with Gasteiger partial charge in [-0.1, -0.05) is 61.0 Å². The first-order valence-electron chi connectivity index (χ1n) is 9.89. The molecule has 0 aromatic heterocycles. The van der Waals surface area contributed by atoms with Gasteiger partial charge in [0, 0.05) is 22.7 Å². The Balaban J connectivity index is 1.62. The minimum Gasteiger partial charge on any atom is -0.461 e. The number of nitrogens with one attached hydrogen (secondary N) is 1. The summed E-state index contributed by atoms with van der Waals surface area (Å²) >= 11 is 6.29. The summed E-state index contributed by atoms with van der Waals surface area (Å²) in [5.74, 6) is -2.00. The predicted molar refractivity (Wildman–Crippen MR) is 119 cm³/mol. The number of carbonyl (C=O) groups is 2. The maximum Gasteiger partial charge on any atom is 0.310 e. The number of ether oxygens (including phenoxy) is 1. The maximum absolute atomic E-state index is 14.2. The molecule has 0 bridgehead atoms. The molecule has 0 heterocycles. The van der Waals surface area contributed by atoms with E-state index >= 15 is 0 Å². The van der Waals surface area contributed by atoms with Gasteiger partial charge >= 0.3 is 5.97 Å². The Morgan fingerprint density at radius 2 is 1.81 bits per heavy atom. The van der Waals surface area contributed by atoms with Crippen LogP contribution >= 0.6 is 11.6 Å². The highest BCUT2D eigenvalue weighted by Gasteiger charge is 2.17. The molecule has 0 aliphatic rings. The first-order valence-corrected chi connectivity index (χ1v) is 10.3. The quantitative estimate of drug-likeness (QED) is 0.490. The van der Waals surface area contributed by atoms with Gasteiger partial charge in [0.05, 0.1) is 5.92 Å². The Morgan fingerprint density at radius 1 is 1.06 bits per heavy atom. The zero-order valence-electron chi connectivity index (χ0n) is 17.3. The zero-order valence-corrected chi connectivity index (χ0v) is 18.1. The summed E-state index contributed by atoms with van der Waals surface area (Å²) in [6.07, 6.45) is 0. The van der Waals surface area contributed by atoms with E-state index < -0.39 is 23.6 Å². The van der Waals surface area contributed by atoms with Crippen LogP contribution in [-0.2, 0) is 16.1 Å². The van der Waals surface area contributed by atoms with Crippen molar-refractivity contribution < 1.29 is 18.7 Å². The van der Waals surface area contributed by atoms with Crippen LogP contribution in [-0.4, -0.2) is 18.4 Å². The molecule has 160 valence electrons. The molecular formula is C25H23ClFNO3. The largest absolute Gasteiger partial charge is 0.461 e. The second kappa shape index (κ2) is 10.2. The zero-order chi connectivity index (χ0) is 22.4. The number of carbonyl (C=O) groups excluding carboxylic acids is 2. The molecule has 31 heavy (non-hydrogen) atoms. The van der Waals surface area contributed by atoms with Gasteiger partial charge in [-0.25, -0.2) is 4.39 Å². The molecule has 1 atom stereocenters. The third-order valence-electron chi connectivity index (χ3n) is 4.79. The number of esters is 1. The lowest BCUT2D eigenvalue weighted by atomic mass is 10.0. The summed E-state index contributed by atoms with van der Waals surface area (Å²) in [5.41, 5.74) is 3.16. The van der Waals surface area contributed by atoms with E-state index in [1.807, 2.05) is 43.3 Å². The third-order valence-corrected chi connectivity index (χ3v) is 5.10. The Labute approximate surface area is 186 Å². The van der Waals surface area contributed by atoms with E-state index in [1.165, 1.54) is 6.07 Å². The van der Waals surface area contributed by atoms with E-state index in [0.717, 1.165) is 17.2 Å². The van der Waals surface area contributed by atoms with Crippen molar-refractivity contribution in [1.29, 1.82) is 0 Å². The first kappa shape index (κ1) is 22.5. The van der Waals surface area contributed by atoms with E-state index in [0.29, 0.717) is 16.1 Å². The Hall–Kier alpha value is -3.18. The van der Waals surface area contributed by atoms with E-state index in [-0.39, 0.29) is 18.7 Å². The summed E-state index contributed by atoms with van der Waals surface area (Å²) in [4.78, 5) is 24.7. The summed E-state index contributed by atoms with van der Waals surface area (Å²) in [7, 11) is 0. The number of hydrogen-bond donors (Lipinski definition) is 1. The van der Waals surface area contributed by atoms with Crippen LogP contribution in [0.3, 0.4) is 0 Å².